The molecule has 0 aliphatic carbocycles. The first-order valence-corrected chi connectivity index (χ1v) is 6.59. The molecule has 1 N–H and O–H groups in total. The quantitative estimate of drug-likeness (QED) is 0.917. The average Bonchev–Trinajstić information content (AvgIpc) is 2.41. The summed E-state index contributed by atoms with van der Waals surface area (Å²) in [5, 5.41) is 9.37. The maximum Gasteiger partial charge on any atom is 0.311 e. The Bertz CT molecular complexity index is 623. The Morgan fingerprint density at radius 3 is 2.50 bits per heavy atom. The van der Waals surface area contributed by atoms with E-state index in [-0.39, 0.29) is 11.4 Å². The van der Waals surface area contributed by atoms with E-state index in [1.54, 1.807) is 18.2 Å². The minimum Gasteiger partial charge on any atom is -0.481 e. The van der Waals surface area contributed by atoms with E-state index in [4.69, 9.17) is 11.6 Å². The van der Waals surface area contributed by atoms with Crippen molar-refractivity contribution in [1.82, 2.24) is 0 Å². The van der Waals surface area contributed by atoms with Crippen LogP contribution in [0.15, 0.2) is 42.5 Å². The highest BCUT2D eigenvalue weighted by atomic mass is 35.5. The molecule has 0 fully saturated rings. The molecular weight excluding hydrogens is 279 g/mol. The van der Waals surface area contributed by atoms with Crippen LogP contribution < -0.4 is 0 Å². The fourth-order valence-electron chi connectivity index (χ4n) is 2.07. The molecule has 0 heterocycles. The van der Waals surface area contributed by atoms with Crippen molar-refractivity contribution in [2.24, 2.45) is 0 Å². The summed E-state index contributed by atoms with van der Waals surface area (Å²) in [6, 6.07) is 11.7. The van der Waals surface area contributed by atoms with E-state index in [0.717, 1.165) is 5.56 Å². The van der Waals surface area contributed by atoms with Gasteiger partial charge >= 0.3 is 5.97 Å². The molecular formula is C16H14ClFO2. The van der Waals surface area contributed by atoms with E-state index in [2.05, 4.69) is 0 Å². The van der Waals surface area contributed by atoms with Crippen LogP contribution in [0, 0.1) is 12.7 Å². The molecule has 0 bridgehead atoms. The van der Waals surface area contributed by atoms with Crippen molar-refractivity contribution in [2.45, 2.75) is 19.3 Å². The molecule has 0 radical (unpaired) electrons. The van der Waals surface area contributed by atoms with Gasteiger partial charge in [-0.3, -0.25) is 4.79 Å². The first-order valence-electron chi connectivity index (χ1n) is 6.21. The van der Waals surface area contributed by atoms with E-state index in [0.29, 0.717) is 11.1 Å². The number of aryl methyl sites for hydroxylation is 1. The molecule has 0 spiro atoms. The molecule has 104 valence electrons. The molecule has 0 aliphatic heterocycles. The molecule has 2 rings (SSSR count). The highest BCUT2D eigenvalue weighted by molar-refractivity contribution is 6.31. The Morgan fingerprint density at radius 1 is 1.25 bits per heavy atom. The second kappa shape index (κ2) is 6.06. The van der Waals surface area contributed by atoms with Gasteiger partial charge in [-0.05, 0) is 30.5 Å². The molecule has 0 saturated heterocycles. The number of hydrogen-bond donors (Lipinski definition) is 1. The number of aliphatic carboxylic acids is 1. The van der Waals surface area contributed by atoms with Gasteiger partial charge in [-0.25, -0.2) is 4.39 Å². The number of carboxylic acid groups (broad SMARTS) is 1. The molecule has 0 aromatic heterocycles. The predicted octanol–water partition coefficient (Wildman–Crippen LogP) is 4.20. The third kappa shape index (κ3) is 3.17. The lowest BCUT2D eigenvalue weighted by Gasteiger charge is -2.14. The molecule has 20 heavy (non-hydrogen) atoms. The van der Waals surface area contributed by atoms with Gasteiger partial charge in [0.1, 0.15) is 5.82 Å². The summed E-state index contributed by atoms with van der Waals surface area (Å²) in [5.41, 5.74) is 2.24. The first kappa shape index (κ1) is 14.5. The van der Waals surface area contributed by atoms with Crippen molar-refractivity contribution < 1.29 is 14.3 Å². The normalized spacial score (nSPS) is 12.2. The average molecular weight is 293 g/mol. The van der Waals surface area contributed by atoms with Crippen LogP contribution in [-0.2, 0) is 11.2 Å². The zero-order chi connectivity index (χ0) is 14.7. The number of benzene rings is 2. The highest BCUT2D eigenvalue weighted by Crippen LogP contribution is 2.27. The fraction of sp³-hybridized carbons (Fsp3) is 0.188. The molecule has 0 amide bonds. The van der Waals surface area contributed by atoms with E-state index >= 15 is 0 Å². The van der Waals surface area contributed by atoms with Crippen LogP contribution in [-0.4, -0.2) is 11.1 Å². The second-order valence-corrected chi connectivity index (χ2v) is 5.10. The fourth-order valence-corrected chi connectivity index (χ4v) is 2.28. The van der Waals surface area contributed by atoms with Crippen LogP contribution >= 0.6 is 11.6 Å². The largest absolute Gasteiger partial charge is 0.481 e. The molecule has 2 aromatic carbocycles. The van der Waals surface area contributed by atoms with Crippen molar-refractivity contribution in [3.8, 4) is 0 Å². The van der Waals surface area contributed by atoms with Gasteiger partial charge in [0, 0.05) is 0 Å². The van der Waals surface area contributed by atoms with Gasteiger partial charge < -0.3 is 5.11 Å². The summed E-state index contributed by atoms with van der Waals surface area (Å²) >= 11 is 5.89. The Morgan fingerprint density at radius 2 is 1.90 bits per heavy atom. The molecule has 1 atom stereocenters. The van der Waals surface area contributed by atoms with Gasteiger partial charge in [-0.2, -0.15) is 0 Å². The lowest BCUT2D eigenvalue weighted by atomic mass is 9.91. The standard InChI is InChI=1S/C16H14ClFO2/c1-10-5-7-11(8-6-10)13(16(19)20)9-12-3-2-4-14(18)15(12)17/h2-8,13H,9H2,1H3,(H,19,20). The maximum atomic E-state index is 13.4. The van der Waals surface area contributed by atoms with Gasteiger partial charge in [0.05, 0.1) is 10.9 Å². The maximum absolute atomic E-state index is 13.4. The number of hydrogen-bond acceptors (Lipinski definition) is 1. The van der Waals surface area contributed by atoms with Crippen molar-refractivity contribution in [1.29, 1.82) is 0 Å². The Labute approximate surface area is 121 Å². The van der Waals surface area contributed by atoms with Gasteiger partial charge in [-0.1, -0.05) is 53.6 Å². The summed E-state index contributed by atoms with van der Waals surface area (Å²) < 4.78 is 13.4. The van der Waals surface area contributed by atoms with Gasteiger partial charge in [-0.15, -0.1) is 0 Å². The molecule has 0 saturated carbocycles. The van der Waals surface area contributed by atoms with Crippen molar-refractivity contribution in [3.05, 3.63) is 70.0 Å². The lowest BCUT2D eigenvalue weighted by molar-refractivity contribution is -0.138. The minimum atomic E-state index is -0.950. The molecule has 2 nitrogen and oxygen atoms in total. The van der Waals surface area contributed by atoms with Crippen LogP contribution in [0.5, 0.6) is 0 Å². The van der Waals surface area contributed by atoms with Crippen molar-refractivity contribution >= 4 is 17.6 Å². The third-order valence-electron chi connectivity index (χ3n) is 3.23. The zero-order valence-corrected chi connectivity index (χ0v) is 11.7. The second-order valence-electron chi connectivity index (χ2n) is 4.72. The molecule has 0 aliphatic rings. The van der Waals surface area contributed by atoms with Crippen LogP contribution in [0.4, 0.5) is 4.39 Å². The van der Waals surface area contributed by atoms with Crippen molar-refractivity contribution in [3.63, 3.8) is 0 Å². The number of rotatable bonds is 4. The molecule has 4 heteroatoms. The van der Waals surface area contributed by atoms with Gasteiger partial charge in [0.15, 0.2) is 0 Å². The summed E-state index contributed by atoms with van der Waals surface area (Å²) in [4.78, 5) is 11.4. The number of carboxylic acids is 1. The Balaban J connectivity index is 2.33. The highest BCUT2D eigenvalue weighted by Gasteiger charge is 2.22. The van der Waals surface area contributed by atoms with E-state index in [1.165, 1.54) is 12.1 Å². The Kier molecular flexibility index (Phi) is 4.40. The van der Waals surface area contributed by atoms with Crippen LogP contribution in [0.3, 0.4) is 0 Å². The first-order chi connectivity index (χ1) is 9.49. The van der Waals surface area contributed by atoms with Crippen LogP contribution in [0.2, 0.25) is 5.02 Å². The van der Waals surface area contributed by atoms with E-state index in [1.807, 2.05) is 19.1 Å². The van der Waals surface area contributed by atoms with E-state index < -0.39 is 17.7 Å². The lowest BCUT2D eigenvalue weighted by Crippen LogP contribution is -2.14. The summed E-state index contributed by atoms with van der Waals surface area (Å²) in [5.74, 6) is -2.22. The summed E-state index contributed by atoms with van der Waals surface area (Å²) in [6.45, 7) is 1.93. The number of halogens is 2. The number of carbonyl (C=O) groups is 1. The zero-order valence-electron chi connectivity index (χ0n) is 10.9. The molecule has 1 unspecified atom stereocenters. The minimum absolute atomic E-state index is 0.00846. The third-order valence-corrected chi connectivity index (χ3v) is 3.66. The van der Waals surface area contributed by atoms with Crippen LogP contribution in [0.25, 0.3) is 0 Å². The molecule has 2 aromatic rings. The smallest absolute Gasteiger partial charge is 0.311 e. The van der Waals surface area contributed by atoms with Gasteiger partial charge in [0.25, 0.3) is 0 Å². The summed E-state index contributed by atoms with van der Waals surface area (Å²) in [6.07, 6.45) is 0.162. The monoisotopic (exact) mass is 292 g/mol. The van der Waals surface area contributed by atoms with Crippen molar-refractivity contribution in [2.75, 3.05) is 0 Å². The topological polar surface area (TPSA) is 37.3 Å². The summed E-state index contributed by atoms with van der Waals surface area (Å²) in [7, 11) is 0. The Hall–Kier alpha value is -1.87. The SMILES string of the molecule is Cc1ccc(C(Cc2cccc(F)c2Cl)C(=O)O)cc1. The van der Waals surface area contributed by atoms with E-state index in [9.17, 15) is 14.3 Å². The van der Waals surface area contributed by atoms with Gasteiger partial charge in [0.2, 0.25) is 0 Å². The van der Waals surface area contributed by atoms with Crippen LogP contribution in [0.1, 0.15) is 22.6 Å². The predicted molar refractivity (Wildman–Crippen MR) is 76.7 cm³/mol.